The van der Waals surface area contributed by atoms with E-state index in [0.29, 0.717) is 11.8 Å². The predicted octanol–water partition coefficient (Wildman–Crippen LogP) is 5.49. The molecule has 0 aliphatic heterocycles. The third kappa shape index (κ3) is 2.69. The van der Waals surface area contributed by atoms with Crippen LogP contribution in [0.5, 0.6) is 0 Å². The minimum atomic E-state index is 0.400. The van der Waals surface area contributed by atoms with Crippen molar-refractivity contribution >= 4 is 45.2 Å². The number of para-hydroxylation sites is 1. The lowest BCUT2D eigenvalue weighted by Gasteiger charge is -2.15. The van der Waals surface area contributed by atoms with Crippen molar-refractivity contribution in [1.82, 2.24) is 9.55 Å². The van der Waals surface area contributed by atoms with Gasteiger partial charge in [-0.1, -0.05) is 32.0 Å². The summed E-state index contributed by atoms with van der Waals surface area (Å²) in [7, 11) is 0. The molecule has 0 unspecified atom stereocenters. The Hall–Kier alpha value is -1.07. The molecule has 21 heavy (non-hydrogen) atoms. The molecule has 2 nitrogen and oxygen atoms in total. The van der Waals surface area contributed by atoms with Crippen LogP contribution in [-0.2, 0) is 5.88 Å². The van der Waals surface area contributed by atoms with Gasteiger partial charge >= 0.3 is 0 Å². The minimum absolute atomic E-state index is 0.400. The fourth-order valence-corrected chi connectivity index (χ4v) is 3.30. The first-order valence-electron chi connectivity index (χ1n) is 6.94. The molecule has 2 aromatic carbocycles. The topological polar surface area (TPSA) is 17.8 Å². The lowest BCUT2D eigenvalue weighted by Crippen LogP contribution is -2.04. The molecule has 0 atom stereocenters. The summed E-state index contributed by atoms with van der Waals surface area (Å²) in [5.74, 6) is 1.74. The van der Waals surface area contributed by atoms with Gasteiger partial charge in [-0.25, -0.2) is 4.98 Å². The maximum atomic E-state index is 6.14. The third-order valence-corrected chi connectivity index (χ3v) is 4.52. The minimum Gasteiger partial charge on any atom is -0.295 e. The molecule has 4 heteroatoms. The summed E-state index contributed by atoms with van der Waals surface area (Å²) in [5.41, 5.74) is 4.59. The molecule has 108 valence electrons. The van der Waals surface area contributed by atoms with Crippen LogP contribution in [0.1, 0.15) is 31.2 Å². The summed E-state index contributed by atoms with van der Waals surface area (Å²) in [6, 6.07) is 14.8. The zero-order valence-corrected chi connectivity index (χ0v) is 14.9. The maximum absolute atomic E-state index is 6.14. The Morgan fingerprint density at radius 3 is 2.67 bits per heavy atom. The van der Waals surface area contributed by atoms with Gasteiger partial charge in [0.25, 0.3) is 0 Å². The summed E-state index contributed by atoms with van der Waals surface area (Å²) in [5, 5.41) is 0. The second-order valence-corrected chi connectivity index (χ2v) is 6.86. The number of hydrogen-bond acceptors (Lipinski definition) is 1. The second-order valence-electron chi connectivity index (χ2n) is 5.34. The van der Waals surface area contributed by atoms with Crippen molar-refractivity contribution in [3.8, 4) is 5.69 Å². The Morgan fingerprint density at radius 1 is 1.19 bits per heavy atom. The van der Waals surface area contributed by atoms with Gasteiger partial charge < -0.3 is 0 Å². The van der Waals surface area contributed by atoms with E-state index in [-0.39, 0.29) is 0 Å². The monoisotopic (exact) mass is 410 g/mol. The van der Waals surface area contributed by atoms with Crippen LogP contribution in [0.25, 0.3) is 16.7 Å². The van der Waals surface area contributed by atoms with E-state index < -0.39 is 0 Å². The lowest BCUT2D eigenvalue weighted by molar-refractivity contribution is 0.841. The Morgan fingerprint density at radius 2 is 1.95 bits per heavy atom. The van der Waals surface area contributed by atoms with Crippen molar-refractivity contribution < 1.29 is 0 Å². The van der Waals surface area contributed by atoms with Crippen LogP contribution in [0.2, 0.25) is 0 Å². The molecule has 1 aromatic heterocycles. The SMILES string of the molecule is CC(C)c1ccccc1-n1c(CCl)nc2cc(I)ccc21. The molecule has 0 saturated heterocycles. The highest BCUT2D eigenvalue weighted by atomic mass is 127. The van der Waals surface area contributed by atoms with E-state index in [9.17, 15) is 0 Å². The molecule has 3 aromatic rings. The summed E-state index contributed by atoms with van der Waals surface area (Å²) in [6.07, 6.45) is 0. The van der Waals surface area contributed by atoms with E-state index in [1.165, 1.54) is 14.8 Å². The van der Waals surface area contributed by atoms with Gasteiger partial charge in [0, 0.05) is 3.57 Å². The second kappa shape index (κ2) is 5.97. The lowest BCUT2D eigenvalue weighted by atomic mass is 10.0. The van der Waals surface area contributed by atoms with Gasteiger partial charge in [0.2, 0.25) is 0 Å². The van der Waals surface area contributed by atoms with Crippen LogP contribution in [0.15, 0.2) is 42.5 Å². The van der Waals surface area contributed by atoms with Crippen molar-refractivity contribution in [2.24, 2.45) is 0 Å². The van der Waals surface area contributed by atoms with Crippen molar-refractivity contribution in [3.05, 3.63) is 57.4 Å². The van der Waals surface area contributed by atoms with E-state index in [0.717, 1.165) is 16.9 Å². The molecule has 0 aliphatic rings. The summed E-state index contributed by atoms with van der Waals surface area (Å²) in [6.45, 7) is 4.42. The number of halogens is 2. The molecule has 0 radical (unpaired) electrons. The number of rotatable bonds is 3. The third-order valence-electron chi connectivity index (χ3n) is 3.61. The molecular weight excluding hydrogens is 395 g/mol. The zero-order valence-electron chi connectivity index (χ0n) is 12.0. The van der Waals surface area contributed by atoms with Gasteiger partial charge in [-0.15, -0.1) is 11.6 Å². The molecule has 0 spiro atoms. The molecule has 0 N–H and O–H groups in total. The number of alkyl halides is 1. The predicted molar refractivity (Wildman–Crippen MR) is 97.4 cm³/mol. The fourth-order valence-electron chi connectivity index (χ4n) is 2.64. The molecule has 3 rings (SSSR count). The van der Waals surface area contributed by atoms with Crippen LogP contribution in [0.4, 0.5) is 0 Å². The Bertz CT molecular complexity index is 793. The summed E-state index contributed by atoms with van der Waals surface area (Å²) < 4.78 is 3.37. The smallest absolute Gasteiger partial charge is 0.129 e. The number of fused-ring (bicyclic) bond motifs is 1. The molecule has 0 amide bonds. The summed E-state index contributed by atoms with van der Waals surface area (Å²) >= 11 is 8.45. The summed E-state index contributed by atoms with van der Waals surface area (Å²) in [4.78, 5) is 4.70. The molecule has 0 saturated carbocycles. The largest absolute Gasteiger partial charge is 0.295 e. The molecular formula is C17H16ClIN2. The van der Waals surface area contributed by atoms with Crippen molar-refractivity contribution in [1.29, 1.82) is 0 Å². The van der Waals surface area contributed by atoms with Crippen LogP contribution < -0.4 is 0 Å². The van der Waals surface area contributed by atoms with Crippen LogP contribution in [0, 0.1) is 3.57 Å². The Kier molecular flexibility index (Phi) is 4.22. The van der Waals surface area contributed by atoms with Crippen molar-refractivity contribution in [2.45, 2.75) is 25.6 Å². The first-order chi connectivity index (χ1) is 10.1. The van der Waals surface area contributed by atoms with Crippen molar-refractivity contribution in [2.75, 3.05) is 0 Å². The van der Waals surface area contributed by atoms with Crippen LogP contribution in [-0.4, -0.2) is 9.55 Å². The number of nitrogens with zero attached hydrogens (tertiary/aromatic N) is 2. The highest BCUT2D eigenvalue weighted by molar-refractivity contribution is 14.1. The first-order valence-corrected chi connectivity index (χ1v) is 8.55. The van der Waals surface area contributed by atoms with Crippen molar-refractivity contribution in [3.63, 3.8) is 0 Å². The Balaban J connectivity index is 2.34. The molecule has 0 aliphatic carbocycles. The highest BCUT2D eigenvalue weighted by Gasteiger charge is 2.15. The van der Waals surface area contributed by atoms with E-state index >= 15 is 0 Å². The van der Waals surface area contributed by atoms with Gasteiger partial charge in [-0.2, -0.15) is 0 Å². The number of hydrogen-bond donors (Lipinski definition) is 0. The van der Waals surface area contributed by atoms with Gasteiger partial charge in [0.05, 0.1) is 22.6 Å². The van der Waals surface area contributed by atoms with E-state index in [1.807, 2.05) is 0 Å². The first kappa shape index (κ1) is 14.9. The average molecular weight is 411 g/mol. The van der Waals surface area contributed by atoms with E-state index in [1.54, 1.807) is 0 Å². The van der Waals surface area contributed by atoms with Gasteiger partial charge in [0.1, 0.15) is 5.82 Å². The van der Waals surface area contributed by atoms with E-state index in [2.05, 4.69) is 83.5 Å². The number of benzene rings is 2. The standard InChI is InChI=1S/C17H16ClIN2/c1-11(2)13-5-3-4-6-15(13)21-16-8-7-12(19)9-14(16)20-17(21)10-18/h3-9,11H,10H2,1-2H3. The highest BCUT2D eigenvalue weighted by Crippen LogP contribution is 2.29. The fraction of sp³-hybridized carbons (Fsp3) is 0.235. The van der Waals surface area contributed by atoms with Crippen LogP contribution in [0.3, 0.4) is 0 Å². The normalized spacial score (nSPS) is 11.5. The number of aromatic nitrogens is 2. The molecule has 0 fully saturated rings. The zero-order chi connectivity index (χ0) is 15.0. The van der Waals surface area contributed by atoms with Gasteiger partial charge in [0.15, 0.2) is 0 Å². The number of imidazole rings is 1. The van der Waals surface area contributed by atoms with Crippen LogP contribution >= 0.6 is 34.2 Å². The molecule has 0 bridgehead atoms. The Labute approximate surface area is 143 Å². The quantitative estimate of drug-likeness (QED) is 0.412. The van der Waals surface area contributed by atoms with Gasteiger partial charge in [-0.05, 0) is 58.3 Å². The average Bonchev–Trinajstić information content (AvgIpc) is 2.84. The molecule has 1 heterocycles. The maximum Gasteiger partial charge on any atom is 0.129 e. The van der Waals surface area contributed by atoms with E-state index in [4.69, 9.17) is 16.6 Å². The van der Waals surface area contributed by atoms with Gasteiger partial charge in [-0.3, -0.25) is 4.57 Å².